The van der Waals surface area contributed by atoms with Crippen molar-refractivity contribution in [3.8, 4) is 0 Å². The highest BCUT2D eigenvalue weighted by Gasteiger charge is 2.51. The van der Waals surface area contributed by atoms with Gasteiger partial charge in [-0.2, -0.15) is 0 Å². The molecule has 0 bridgehead atoms. The summed E-state index contributed by atoms with van der Waals surface area (Å²) in [7, 11) is -5.12. The molecule has 0 aromatic heterocycles. The third kappa shape index (κ3) is 28.3. The van der Waals surface area contributed by atoms with Crippen LogP contribution in [-0.4, -0.2) is 98.3 Å². The number of hydrogen-bond acceptors (Lipinski definition) is 12. The lowest BCUT2D eigenvalue weighted by Crippen LogP contribution is -2.64. The molecule has 0 radical (unpaired) electrons. The molecule has 6 N–H and O–H groups in total. The normalized spacial score (nSPS) is 22.6. The van der Waals surface area contributed by atoms with Crippen LogP contribution in [-0.2, 0) is 32.7 Å². The predicted molar refractivity (Wildman–Crippen MR) is 230 cm³/mol. The van der Waals surface area contributed by atoms with Crippen LogP contribution in [0.2, 0.25) is 0 Å². The van der Waals surface area contributed by atoms with Crippen molar-refractivity contribution in [3.05, 3.63) is 36.5 Å². The summed E-state index contributed by atoms with van der Waals surface area (Å²) in [5.41, 5.74) is 0. The fraction of sp³-hybridized carbons (Fsp3) is 0.822. The maximum Gasteiger partial charge on any atom is 0.472 e. The van der Waals surface area contributed by atoms with E-state index < -0.39 is 75.7 Å². The Hall–Kier alpha value is -1.93. The Bertz CT molecular complexity index is 1180. The standard InChI is InChI=1S/C45H81O13P/c1-3-5-7-9-11-13-15-17-18-19-20-22-23-25-27-29-31-33-38(46)55-35-37(36-56-59(53,54)58-45-43(51)41(49)40(48)42(50)44(45)52)57-39(47)34-32-30-28-26-24-21-16-14-12-10-8-6-4-2/h11,13,17-18,20,22,37,40-45,48-52H,3-10,12,14-16,19,21,23-36H2,1-2H3,(H,53,54)/b13-11-,18-17-,22-20-/t37-,40?,41-,42?,43?,44?,45?/m1/s1. The van der Waals surface area contributed by atoms with Crippen molar-refractivity contribution >= 4 is 19.8 Å². The Balaban J connectivity index is 2.48. The number of allylic oxidation sites excluding steroid dienone is 6. The number of ether oxygens (including phenoxy) is 2. The van der Waals surface area contributed by atoms with Gasteiger partial charge in [0.2, 0.25) is 0 Å². The van der Waals surface area contributed by atoms with Gasteiger partial charge in [0.1, 0.15) is 43.2 Å². The van der Waals surface area contributed by atoms with Crippen molar-refractivity contribution in [2.45, 2.75) is 224 Å². The van der Waals surface area contributed by atoms with Gasteiger partial charge < -0.3 is 39.9 Å². The minimum Gasteiger partial charge on any atom is -0.462 e. The van der Waals surface area contributed by atoms with Gasteiger partial charge in [0, 0.05) is 12.8 Å². The molecule has 1 saturated carbocycles. The van der Waals surface area contributed by atoms with Gasteiger partial charge in [0.25, 0.3) is 0 Å². The predicted octanol–water partition coefficient (Wildman–Crippen LogP) is 8.61. The van der Waals surface area contributed by atoms with Crippen molar-refractivity contribution in [2.75, 3.05) is 13.2 Å². The molecule has 0 aromatic carbocycles. The van der Waals surface area contributed by atoms with Crippen LogP contribution in [0.25, 0.3) is 0 Å². The maximum atomic E-state index is 12.8. The van der Waals surface area contributed by atoms with Gasteiger partial charge in [-0.25, -0.2) is 4.57 Å². The molecule has 0 spiro atoms. The van der Waals surface area contributed by atoms with E-state index in [-0.39, 0.29) is 12.8 Å². The summed E-state index contributed by atoms with van der Waals surface area (Å²) in [4.78, 5) is 35.6. The van der Waals surface area contributed by atoms with E-state index in [9.17, 15) is 44.6 Å². The fourth-order valence-electron chi connectivity index (χ4n) is 6.76. The largest absolute Gasteiger partial charge is 0.472 e. The molecule has 14 heteroatoms. The van der Waals surface area contributed by atoms with Crippen molar-refractivity contribution in [1.82, 2.24) is 0 Å². The first-order valence-electron chi connectivity index (χ1n) is 22.8. The zero-order chi connectivity index (χ0) is 43.6. The second-order valence-corrected chi connectivity index (χ2v) is 17.3. The summed E-state index contributed by atoms with van der Waals surface area (Å²) >= 11 is 0. The fourth-order valence-corrected chi connectivity index (χ4v) is 7.74. The van der Waals surface area contributed by atoms with Crippen LogP contribution in [0, 0.1) is 0 Å². The Labute approximate surface area is 355 Å². The zero-order valence-electron chi connectivity index (χ0n) is 36.3. The highest BCUT2D eigenvalue weighted by Crippen LogP contribution is 2.47. The van der Waals surface area contributed by atoms with Gasteiger partial charge in [-0.15, -0.1) is 0 Å². The third-order valence-electron chi connectivity index (χ3n) is 10.5. The molecule has 1 rings (SSSR count). The van der Waals surface area contributed by atoms with Gasteiger partial charge in [0.05, 0.1) is 6.61 Å². The lowest BCUT2D eigenvalue weighted by molar-refractivity contribution is -0.220. The number of carbonyl (C=O) groups excluding carboxylic acids is 2. The summed E-state index contributed by atoms with van der Waals surface area (Å²) in [6.07, 6.45) is 26.3. The molecular weight excluding hydrogens is 779 g/mol. The molecule has 0 saturated heterocycles. The second kappa shape index (κ2) is 35.6. The SMILES string of the molecule is CCCCC/C=C\C/C=C\C/C=C\CCCCCCC(=O)OC[C@H](COP(=O)(O)OC1C(O)C(O)C(O)[C@@H](O)C1O)OC(=O)CCCCCCCCCCCCCCC. The van der Waals surface area contributed by atoms with E-state index in [1.54, 1.807) is 0 Å². The van der Waals surface area contributed by atoms with Gasteiger partial charge in [-0.05, 0) is 51.4 Å². The lowest BCUT2D eigenvalue weighted by Gasteiger charge is -2.41. The average Bonchev–Trinajstić information content (AvgIpc) is 3.21. The Kier molecular flexibility index (Phi) is 33.3. The van der Waals surface area contributed by atoms with E-state index in [2.05, 4.69) is 50.3 Å². The van der Waals surface area contributed by atoms with Crippen LogP contribution in [0.1, 0.15) is 181 Å². The van der Waals surface area contributed by atoms with E-state index in [0.29, 0.717) is 12.8 Å². The van der Waals surface area contributed by atoms with E-state index in [4.69, 9.17) is 18.5 Å². The van der Waals surface area contributed by atoms with Crippen molar-refractivity contribution in [3.63, 3.8) is 0 Å². The number of phosphoric acid groups is 1. The monoisotopic (exact) mass is 861 g/mol. The molecule has 8 atom stereocenters. The average molecular weight is 861 g/mol. The molecule has 1 aliphatic carbocycles. The number of phosphoric ester groups is 1. The summed E-state index contributed by atoms with van der Waals surface area (Å²) in [6.45, 7) is 3.25. The number of unbranched alkanes of at least 4 members (excludes halogenated alkanes) is 19. The molecule has 59 heavy (non-hydrogen) atoms. The lowest BCUT2D eigenvalue weighted by atomic mass is 9.85. The van der Waals surface area contributed by atoms with E-state index in [1.807, 2.05) is 0 Å². The minimum atomic E-state index is -5.12. The second-order valence-electron chi connectivity index (χ2n) is 15.9. The summed E-state index contributed by atoms with van der Waals surface area (Å²) in [5.74, 6) is -1.12. The molecule has 13 nitrogen and oxygen atoms in total. The minimum absolute atomic E-state index is 0.0940. The van der Waals surface area contributed by atoms with Crippen molar-refractivity contribution in [2.24, 2.45) is 0 Å². The third-order valence-corrected chi connectivity index (χ3v) is 11.5. The summed E-state index contributed by atoms with van der Waals surface area (Å²) < 4.78 is 33.5. The molecule has 0 heterocycles. The van der Waals surface area contributed by atoms with Gasteiger partial charge in [-0.1, -0.05) is 153 Å². The Morgan fingerprint density at radius 1 is 0.525 bits per heavy atom. The first-order valence-corrected chi connectivity index (χ1v) is 24.3. The van der Waals surface area contributed by atoms with Crippen LogP contribution in [0.15, 0.2) is 36.5 Å². The van der Waals surface area contributed by atoms with E-state index >= 15 is 0 Å². The van der Waals surface area contributed by atoms with Crippen LogP contribution in [0.4, 0.5) is 0 Å². The first kappa shape index (κ1) is 55.1. The van der Waals surface area contributed by atoms with E-state index in [0.717, 1.165) is 70.6 Å². The van der Waals surface area contributed by atoms with Crippen molar-refractivity contribution in [1.29, 1.82) is 0 Å². The molecule has 0 aliphatic heterocycles. The van der Waals surface area contributed by atoms with Gasteiger partial charge in [-0.3, -0.25) is 18.6 Å². The first-order chi connectivity index (χ1) is 28.4. The Morgan fingerprint density at radius 2 is 0.915 bits per heavy atom. The highest BCUT2D eigenvalue weighted by atomic mass is 31.2. The molecule has 1 fully saturated rings. The molecule has 344 valence electrons. The Morgan fingerprint density at radius 3 is 1.42 bits per heavy atom. The number of hydrogen-bond donors (Lipinski definition) is 6. The number of aliphatic hydroxyl groups is 5. The van der Waals surface area contributed by atoms with Crippen molar-refractivity contribution < 1.29 is 63.1 Å². The highest BCUT2D eigenvalue weighted by molar-refractivity contribution is 7.47. The molecule has 1 aliphatic rings. The number of rotatable bonds is 37. The van der Waals surface area contributed by atoms with Crippen LogP contribution in [0.3, 0.4) is 0 Å². The van der Waals surface area contributed by atoms with Crippen LogP contribution < -0.4 is 0 Å². The smallest absolute Gasteiger partial charge is 0.462 e. The molecule has 0 aromatic rings. The molecule has 0 amide bonds. The van der Waals surface area contributed by atoms with E-state index in [1.165, 1.54) is 70.6 Å². The van der Waals surface area contributed by atoms with Crippen LogP contribution in [0.5, 0.6) is 0 Å². The quantitative estimate of drug-likeness (QED) is 0.0150. The number of aliphatic hydroxyl groups excluding tert-OH is 5. The number of esters is 2. The number of carbonyl (C=O) groups is 2. The molecule has 6 unspecified atom stereocenters. The zero-order valence-corrected chi connectivity index (χ0v) is 37.2. The summed E-state index contributed by atoms with van der Waals surface area (Å²) in [5, 5.41) is 50.1. The molecular formula is C45H81O13P. The maximum absolute atomic E-state index is 12.8. The topological polar surface area (TPSA) is 210 Å². The summed E-state index contributed by atoms with van der Waals surface area (Å²) in [6, 6.07) is 0. The van der Waals surface area contributed by atoms with Gasteiger partial charge in [0.15, 0.2) is 6.10 Å². The van der Waals surface area contributed by atoms with Gasteiger partial charge >= 0.3 is 19.8 Å². The van der Waals surface area contributed by atoms with Crippen LogP contribution >= 0.6 is 7.82 Å².